The fourth-order valence-electron chi connectivity index (χ4n) is 2.40. The van der Waals surface area contributed by atoms with Crippen molar-refractivity contribution in [1.29, 1.82) is 0 Å². The van der Waals surface area contributed by atoms with Crippen LogP contribution >= 0.6 is 0 Å². The Labute approximate surface area is 146 Å². The topological polar surface area (TPSA) is 58.6 Å². The summed E-state index contributed by atoms with van der Waals surface area (Å²) in [6.45, 7) is 2.00. The SMILES string of the molecule is COc1ccccc1N(CCC(=O)NCc1ccc(F)cc1)C(C)=O. The lowest BCUT2D eigenvalue weighted by molar-refractivity contribution is -0.121. The van der Waals surface area contributed by atoms with Gasteiger partial charge in [0, 0.05) is 26.4 Å². The third kappa shape index (κ3) is 5.31. The van der Waals surface area contributed by atoms with Gasteiger partial charge in [-0.3, -0.25) is 9.59 Å². The lowest BCUT2D eigenvalue weighted by Crippen LogP contribution is -2.34. The van der Waals surface area contributed by atoms with Gasteiger partial charge in [-0.2, -0.15) is 0 Å². The molecule has 2 amide bonds. The number of nitrogens with one attached hydrogen (secondary N) is 1. The van der Waals surface area contributed by atoms with Crippen molar-refractivity contribution in [3.05, 3.63) is 59.9 Å². The minimum atomic E-state index is -0.316. The van der Waals surface area contributed by atoms with Crippen LogP contribution in [0.25, 0.3) is 0 Å². The van der Waals surface area contributed by atoms with Crippen molar-refractivity contribution < 1.29 is 18.7 Å². The van der Waals surface area contributed by atoms with E-state index in [0.29, 0.717) is 18.0 Å². The van der Waals surface area contributed by atoms with Gasteiger partial charge in [-0.25, -0.2) is 4.39 Å². The van der Waals surface area contributed by atoms with Crippen LogP contribution in [0.5, 0.6) is 5.75 Å². The van der Waals surface area contributed by atoms with Gasteiger partial charge in [0.05, 0.1) is 12.8 Å². The van der Waals surface area contributed by atoms with Crippen molar-refractivity contribution in [3.8, 4) is 5.75 Å². The molecule has 1 N–H and O–H groups in total. The van der Waals surface area contributed by atoms with Crippen molar-refractivity contribution in [2.75, 3.05) is 18.6 Å². The first kappa shape index (κ1) is 18.4. The van der Waals surface area contributed by atoms with Crippen LogP contribution in [0.2, 0.25) is 0 Å². The molecule has 0 saturated heterocycles. The van der Waals surface area contributed by atoms with E-state index in [1.807, 2.05) is 12.1 Å². The minimum Gasteiger partial charge on any atom is -0.495 e. The molecule has 2 rings (SSSR count). The van der Waals surface area contributed by atoms with Gasteiger partial charge in [0.2, 0.25) is 11.8 Å². The standard InChI is InChI=1S/C19H21FN2O3/c1-14(23)22(17-5-3-4-6-18(17)25-2)12-11-19(24)21-13-15-7-9-16(20)10-8-15/h3-10H,11-13H2,1-2H3,(H,21,24). The molecule has 5 nitrogen and oxygen atoms in total. The Morgan fingerprint density at radius 3 is 2.44 bits per heavy atom. The Hall–Kier alpha value is -2.89. The molecule has 0 atom stereocenters. The number of halogens is 1. The molecule has 0 saturated carbocycles. The van der Waals surface area contributed by atoms with E-state index in [1.165, 1.54) is 31.1 Å². The maximum Gasteiger partial charge on any atom is 0.223 e. The summed E-state index contributed by atoms with van der Waals surface area (Å²) in [7, 11) is 1.53. The van der Waals surface area contributed by atoms with Crippen LogP contribution in [0.15, 0.2) is 48.5 Å². The predicted molar refractivity (Wildman–Crippen MR) is 93.9 cm³/mol. The molecule has 2 aromatic carbocycles. The molecule has 0 unspecified atom stereocenters. The van der Waals surface area contributed by atoms with E-state index in [0.717, 1.165) is 5.56 Å². The summed E-state index contributed by atoms with van der Waals surface area (Å²) in [5.41, 5.74) is 1.44. The van der Waals surface area contributed by atoms with Crippen molar-refractivity contribution >= 4 is 17.5 Å². The second kappa shape index (κ2) is 8.82. The molecule has 6 heteroatoms. The van der Waals surface area contributed by atoms with Gasteiger partial charge in [-0.1, -0.05) is 24.3 Å². The van der Waals surface area contributed by atoms with E-state index >= 15 is 0 Å². The van der Waals surface area contributed by atoms with Crippen LogP contribution in [0.3, 0.4) is 0 Å². The molecule has 0 aliphatic heterocycles. The lowest BCUT2D eigenvalue weighted by atomic mass is 10.2. The number of benzene rings is 2. The maximum atomic E-state index is 12.9. The van der Waals surface area contributed by atoms with Gasteiger partial charge >= 0.3 is 0 Å². The van der Waals surface area contributed by atoms with Gasteiger partial charge in [0.15, 0.2) is 0 Å². The Bertz CT molecular complexity index is 732. The van der Waals surface area contributed by atoms with Crippen molar-refractivity contribution in [2.24, 2.45) is 0 Å². The molecule has 0 aliphatic rings. The summed E-state index contributed by atoms with van der Waals surface area (Å²) in [6, 6.07) is 13.1. The maximum absolute atomic E-state index is 12.9. The number of carbonyl (C=O) groups excluding carboxylic acids is 2. The van der Waals surface area contributed by atoms with Crippen molar-refractivity contribution in [2.45, 2.75) is 19.9 Å². The van der Waals surface area contributed by atoms with Crippen LogP contribution in [-0.4, -0.2) is 25.5 Å². The molecule has 0 aliphatic carbocycles. The van der Waals surface area contributed by atoms with Gasteiger partial charge in [0.1, 0.15) is 11.6 Å². The highest BCUT2D eigenvalue weighted by Crippen LogP contribution is 2.27. The smallest absolute Gasteiger partial charge is 0.223 e. The fourth-order valence-corrected chi connectivity index (χ4v) is 2.40. The quantitative estimate of drug-likeness (QED) is 0.840. The number of para-hydroxylation sites is 2. The highest BCUT2D eigenvalue weighted by Gasteiger charge is 2.16. The number of hydrogen-bond donors (Lipinski definition) is 1. The molecule has 0 fully saturated rings. The Kier molecular flexibility index (Phi) is 6.51. The molecule has 2 aromatic rings. The summed E-state index contributed by atoms with van der Waals surface area (Å²) >= 11 is 0. The zero-order valence-electron chi connectivity index (χ0n) is 14.3. The summed E-state index contributed by atoms with van der Waals surface area (Å²) in [5, 5.41) is 2.76. The van der Waals surface area contributed by atoms with Crippen LogP contribution in [-0.2, 0) is 16.1 Å². The molecule has 132 valence electrons. The zero-order chi connectivity index (χ0) is 18.2. The molecule has 25 heavy (non-hydrogen) atoms. The van der Waals surface area contributed by atoms with E-state index in [-0.39, 0.29) is 30.6 Å². The van der Waals surface area contributed by atoms with Gasteiger partial charge in [-0.05, 0) is 29.8 Å². The largest absolute Gasteiger partial charge is 0.495 e. The monoisotopic (exact) mass is 344 g/mol. The first-order chi connectivity index (χ1) is 12.0. The first-order valence-electron chi connectivity index (χ1n) is 7.93. The Morgan fingerprint density at radius 2 is 1.80 bits per heavy atom. The highest BCUT2D eigenvalue weighted by atomic mass is 19.1. The van der Waals surface area contributed by atoms with Crippen LogP contribution in [0, 0.1) is 5.82 Å². The summed E-state index contributed by atoms with van der Waals surface area (Å²) < 4.78 is 18.1. The molecule has 0 radical (unpaired) electrons. The Balaban J connectivity index is 1.93. The number of carbonyl (C=O) groups is 2. The summed E-state index contributed by atoms with van der Waals surface area (Å²) in [5.74, 6) is -0.102. The first-order valence-corrected chi connectivity index (χ1v) is 7.93. The second-order valence-electron chi connectivity index (χ2n) is 5.50. The molecule has 0 aromatic heterocycles. The van der Waals surface area contributed by atoms with Gasteiger partial charge < -0.3 is 15.0 Å². The molecule has 0 spiro atoms. The number of amides is 2. The van der Waals surface area contributed by atoms with E-state index in [9.17, 15) is 14.0 Å². The highest BCUT2D eigenvalue weighted by molar-refractivity contribution is 5.93. The summed E-state index contributed by atoms with van der Waals surface area (Å²) in [4.78, 5) is 25.5. The van der Waals surface area contributed by atoms with Crippen LogP contribution in [0.4, 0.5) is 10.1 Å². The van der Waals surface area contributed by atoms with Crippen molar-refractivity contribution in [3.63, 3.8) is 0 Å². The zero-order valence-corrected chi connectivity index (χ0v) is 14.3. The third-order valence-corrected chi connectivity index (χ3v) is 3.72. The van der Waals surface area contributed by atoms with Crippen molar-refractivity contribution in [1.82, 2.24) is 5.32 Å². The average molecular weight is 344 g/mol. The number of hydrogen-bond acceptors (Lipinski definition) is 3. The number of anilines is 1. The third-order valence-electron chi connectivity index (χ3n) is 3.72. The number of rotatable bonds is 7. The lowest BCUT2D eigenvalue weighted by Gasteiger charge is -2.23. The number of nitrogens with zero attached hydrogens (tertiary/aromatic N) is 1. The van der Waals surface area contributed by atoms with Gasteiger partial charge in [-0.15, -0.1) is 0 Å². The van der Waals surface area contributed by atoms with E-state index in [4.69, 9.17) is 4.74 Å². The molecule has 0 heterocycles. The molecular formula is C19H21FN2O3. The second-order valence-corrected chi connectivity index (χ2v) is 5.50. The predicted octanol–water partition coefficient (Wildman–Crippen LogP) is 2.89. The normalized spacial score (nSPS) is 10.2. The minimum absolute atomic E-state index is 0.152. The van der Waals surface area contributed by atoms with Crippen LogP contribution in [0.1, 0.15) is 18.9 Å². The average Bonchev–Trinajstić information content (AvgIpc) is 2.61. The van der Waals surface area contributed by atoms with E-state index in [2.05, 4.69) is 5.32 Å². The van der Waals surface area contributed by atoms with E-state index < -0.39 is 0 Å². The van der Waals surface area contributed by atoms with E-state index in [1.54, 1.807) is 24.3 Å². The Morgan fingerprint density at radius 1 is 1.12 bits per heavy atom. The number of methoxy groups -OCH3 is 1. The molecular weight excluding hydrogens is 323 g/mol. The number of ether oxygens (including phenoxy) is 1. The van der Waals surface area contributed by atoms with Gasteiger partial charge in [0.25, 0.3) is 0 Å². The van der Waals surface area contributed by atoms with Crippen LogP contribution < -0.4 is 15.0 Å². The fraction of sp³-hybridized carbons (Fsp3) is 0.263. The molecule has 0 bridgehead atoms. The summed E-state index contributed by atoms with van der Waals surface area (Å²) in [6.07, 6.45) is 0.152.